The van der Waals surface area contributed by atoms with Crippen LogP contribution in [0.4, 0.5) is 0 Å². The molecule has 0 bridgehead atoms. The van der Waals surface area contributed by atoms with Gasteiger partial charge in [0, 0.05) is 66.1 Å². The monoisotopic (exact) mass is 776 g/mol. The van der Waals surface area contributed by atoms with E-state index in [9.17, 15) is 0 Å². The molecule has 8 aromatic rings. The highest BCUT2D eigenvalue weighted by molar-refractivity contribution is 6.15. The zero-order valence-corrected chi connectivity index (χ0v) is 33.8. The van der Waals surface area contributed by atoms with Crippen LogP contribution in [0.25, 0.3) is 66.9 Å². The average Bonchev–Trinajstić information content (AvgIpc) is 3.31. The second-order valence-electron chi connectivity index (χ2n) is 15.6. The van der Waals surface area contributed by atoms with Crippen LogP contribution in [-0.2, 0) is 0 Å². The summed E-state index contributed by atoms with van der Waals surface area (Å²) >= 11 is 0. The van der Waals surface area contributed by atoms with Crippen molar-refractivity contribution in [3.63, 3.8) is 0 Å². The third kappa shape index (κ3) is 5.60. The second-order valence-corrected chi connectivity index (χ2v) is 15.6. The first-order chi connectivity index (χ1) is 29.4. The number of allylic oxidation sites excluding steroid dienone is 4. The van der Waals surface area contributed by atoms with E-state index < -0.39 is 0 Å². The summed E-state index contributed by atoms with van der Waals surface area (Å²) in [6, 6.07) is 58.2. The fourth-order valence-corrected chi connectivity index (χ4v) is 9.15. The van der Waals surface area contributed by atoms with Crippen LogP contribution in [0.1, 0.15) is 72.2 Å². The summed E-state index contributed by atoms with van der Waals surface area (Å²) in [6.45, 7) is 8.54. The van der Waals surface area contributed by atoms with Crippen LogP contribution in [0, 0.1) is 0 Å². The molecule has 0 saturated heterocycles. The summed E-state index contributed by atoms with van der Waals surface area (Å²) in [4.78, 5) is 0. The molecule has 0 N–H and O–H groups in total. The van der Waals surface area contributed by atoms with Crippen LogP contribution in [0.5, 0.6) is 23.0 Å². The first-order valence-electron chi connectivity index (χ1n) is 20.4. The number of hydrogen-bond donors (Lipinski definition) is 0. The van der Waals surface area contributed by atoms with Gasteiger partial charge in [-0.3, -0.25) is 0 Å². The smallest absolute Gasteiger partial charge is 0.138 e. The van der Waals surface area contributed by atoms with Crippen molar-refractivity contribution >= 4 is 66.9 Å². The minimum Gasteiger partial charge on any atom is -0.456 e. The molecule has 4 aliphatic heterocycles. The molecule has 0 aliphatic carbocycles. The molecule has 4 aliphatic rings. The first-order valence-corrected chi connectivity index (χ1v) is 20.4. The Bertz CT molecular complexity index is 2760. The molecule has 8 aromatic carbocycles. The maximum Gasteiger partial charge on any atom is 0.138 e. The summed E-state index contributed by atoms with van der Waals surface area (Å²) < 4.78 is 25.7. The third-order valence-corrected chi connectivity index (χ3v) is 12.1. The largest absolute Gasteiger partial charge is 0.456 e. The number of hydrogen-bond acceptors (Lipinski definition) is 4. The Morgan fingerprint density at radius 1 is 0.233 bits per heavy atom. The Labute approximate surface area is 349 Å². The Hall–Kier alpha value is -7.56. The van der Waals surface area contributed by atoms with Crippen LogP contribution in [-0.4, -0.2) is 0 Å². The second kappa shape index (κ2) is 14.1. The van der Waals surface area contributed by atoms with E-state index in [0.29, 0.717) is 0 Å². The van der Waals surface area contributed by atoms with E-state index in [4.69, 9.17) is 18.9 Å². The molecule has 4 nitrogen and oxygen atoms in total. The molecule has 288 valence electrons. The lowest BCUT2D eigenvalue weighted by molar-refractivity contribution is 0.507. The lowest BCUT2D eigenvalue weighted by Gasteiger charge is -2.28. The minimum absolute atomic E-state index is 0.884. The predicted molar refractivity (Wildman–Crippen MR) is 246 cm³/mol. The molecule has 0 aromatic heterocycles. The van der Waals surface area contributed by atoms with Gasteiger partial charge in [-0.25, -0.2) is 0 Å². The van der Waals surface area contributed by atoms with Crippen molar-refractivity contribution in [2.45, 2.75) is 27.7 Å². The van der Waals surface area contributed by atoms with E-state index in [1.807, 2.05) is 97.1 Å². The van der Waals surface area contributed by atoms with E-state index in [1.165, 1.54) is 22.3 Å². The van der Waals surface area contributed by atoms with Gasteiger partial charge in [0.2, 0.25) is 0 Å². The zero-order chi connectivity index (χ0) is 40.5. The van der Waals surface area contributed by atoms with Gasteiger partial charge >= 0.3 is 0 Å². The summed E-state index contributed by atoms with van der Waals surface area (Å²) in [5.41, 5.74) is 13.8. The molecule has 4 heteroatoms. The summed E-state index contributed by atoms with van der Waals surface area (Å²) in [5, 5.41) is 4.53. The van der Waals surface area contributed by atoms with Crippen LogP contribution >= 0.6 is 0 Å². The van der Waals surface area contributed by atoms with E-state index in [-0.39, 0.29) is 0 Å². The molecular weight excluding hydrogens is 737 g/mol. The Balaban J connectivity index is 0.000000136. The van der Waals surface area contributed by atoms with E-state index in [2.05, 4.69) is 100 Å². The molecule has 0 amide bonds. The minimum atomic E-state index is 0.884. The van der Waals surface area contributed by atoms with Gasteiger partial charge in [0.05, 0.1) is 0 Å². The van der Waals surface area contributed by atoms with Crippen molar-refractivity contribution < 1.29 is 18.9 Å². The fraction of sp³-hybridized carbons (Fsp3) is 0.0714. The number of rotatable bonds is 4. The number of benzene rings is 8. The highest BCUT2D eigenvalue weighted by atomic mass is 16.5. The maximum atomic E-state index is 6.44. The van der Waals surface area contributed by atoms with Crippen LogP contribution in [0.15, 0.2) is 170 Å². The predicted octanol–water partition coefficient (Wildman–Crippen LogP) is 14.8. The van der Waals surface area contributed by atoms with E-state index in [0.717, 1.165) is 112 Å². The standard InChI is InChI=1S/2C28H20O2/c2*1-17-21-13-14-22-18(2)28(20-11-7-4-8-12-20)30-24-16-15-23(25(21)26(22)24)29-27(17)19-9-5-3-6-10-19/h2*3-16H,1-2H3. The van der Waals surface area contributed by atoms with Gasteiger partial charge in [-0.15, -0.1) is 0 Å². The van der Waals surface area contributed by atoms with Crippen molar-refractivity contribution in [3.8, 4) is 23.0 Å². The molecule has 0 radical (unpaired) electrons. The van der Waals surface area contributed by atoms with Crippen molar-refractivity contribution in [1.82, 2.24) is 0 Å². The molecule has 0 unspecified atom stereocenters. The summed E-state index contributed by atoms with van der Waals surface area (Å²) in [5.74, 6) is 7.20. The van der Waals surface area contributed by atoms with Crippen LogP contribution < -0.4 is 18.9 Å². The van der Waals surface area contributed by atoms with Gasteiger partial charge in [0.1, 0.15) is 46.0 Å². The molecule has 0 saturated carbocycles. The normalized spacial score (nSPS) is 14.6. The van der Waals surface area contributed by atoms with Crippen LogP contribution in [0.3, 0.4) is 0 Å². The van der Waals surface area contributed by atoms with Crippen molar-refractivity contribution in [2.75, 3.05) is 0 Å². The van der Waals surface area contributed by atoms with Gasteiger partial charge in [-0.05, 0) is 74.2 Å². The molecule has 4 heterocycles. The average molecular weight is 777 g/mol. The van der Waals surface area contributed by atoms with E-state index in [1.54, 1.807) is 0 Å². The van der Waals surface area contributed by atoms with Gasteiger partial charge in [0.25, 0.3) is 0 Å². The maximum absolute atomic E-state index is 6.44. The SMILES string of the molecule is CC1=C(c2ccccc2)Oc2ccc3c4c(ccc1c24)C(C)=C(c1ccccc1)O3.CC1=C(c2ccccc2)Oc2ccc3c4c(ccc1c24)C(C)=C(c1ccccc1)O3. The number of ether oxygens (including phenoxy) is 4. The van der Waals surface area contributed by atoms with Gasteiger partial charge in [0.15, 0.2) is 0 Å². The van der Waals surface area contributed by atoms with E-state index >= 15 is 0 Å². The summed E-state index contributed by atoms with van der Waals surface area (Å²) in [6.07, 6.45) is 0. The quantitative estimate of drug-likeness (QED) is 0.178. The van der Waals surface area contributed by atoms with Crippen molar-refractivity contribution in [2.24, 2.45) is 0 Å². The molecule has 12 rings (SSSR count). The van der Waals surface area contributed by atoms with Crippen molar-refractivity contribution in [3.05, 3.63) is 214 Å². The molecule has 0 fully saturated rings. The molecule has 0 spiro atoms. The van der Waals surface area contributed by atoms with Crippen LogP contribution in [0.2, 0.25) is 0 Å². The Kier molecular flexibility index (Phi) is 8.35. The van der Waals surface area contributed by atoms with Gasteiger partial charge in [-0.2, -0.15) is 0 Å². The van der Waals surface area contributed by atoms with Gasteiger partial charge in [-0.1, -0.05) is 146 Å². The lowest BCUT2D eigenvalue weighted by atomic mass is 9.87. The fourth-order valence-electron chi connectivity index (χ4n) is 9.15. The highest BCUT2D eigenvalue weighted by Crippen LogP contribution is 2.52. The van der Waals surface area contributed by atoms with Gasteiger partial charge < -0.3 is 18.9 Å². The Morgan fingerprint density at radius 2 is 0.433 bits per heavy atom. The lowest BCUT2D eigenvalue weighted by Crippen LogP contribution is -2.09. The molecule has 0 atom stereocenters. The van der Waals surface area contributed by atoms with Crippen molar-refractivity contribution in [1.29, 1.82) is 0 Å². The summed E-state index contributed by atoms with van der Waals surface area (Å²) in [7, 11) is 0. The zero-order valence-electron chi connectivity index (χ0n) is 33.8. The third-order valence-electron chi connectivity index (χ3n) is 12.1. The highest BCUT2D eigenvalue weighted by Gasteiger charge is 2.30. The first kappa shape index (κ1) is 35.6. The molecular formula is C56H40O4. The Morgan fingerprint density at radius 3 is 0.633 bits per heavy atom. The molecule has 60 heavy (non-hydrogen) atoms. The topological polar surface area (TPSA) is 36.9 Å².